The lowest BCUT2D eigenvalue weighted by Crippen LogP contribution is -2.28. The molecule has 1 N–H and O–H groups in total. The normalized spacial score (nSPS) is 15.9. The van der Waals surface area contributed by atoms with E-state index < -0.39 is 0 Å². The molecule has 0 spiro atoms. The highest BCUT2D eigenvalue weighted by molar-refractivity contribution is 7.71. The number of hydrogen-bond acceptors (Lipinski definition) is 4. The molecule has 0 unspecified atom stereocenters. The van der Waals surface area contributed by atoms with Crippen molar-refractivity contribution in [3.05, 3.63) is 4.77 Å². The molecule has 1 aromatic rings. The van der Waals surface area contributed by atoms with Crippen LogP contribution in [-0.2, 0) is 11.3 Å². The minimum atomic E-state index is 0.184. The Hall–Kier alpha value is -1.24. The first kappa shape index (κ1) is 10.3. The zero-order valence-corrected chi connectivity index (χ0v) is 9.16. The number of nitrogens with zero attached hydrogens (tertiary/aromatic N) is 4. The summed E-state index contributed by atoms with van der Waals surface area (Å²) in [6.07, 6.45) is 2.70. The number of nitrogens with one attached hydrogen (secondary N) is 1. The van der Waals surface area contributed by atoms with Crippen molar-refractivity contribution in [1.82, 2.24) is 25.1 Å². The molecule has 1 aliphatic heterocycles. The number of hydrogen-bond donors (Lipinski definition) is 1. The predicted molar refractivity (Wildman–Crippen MR) is 55.6 cm³/mol. The van der Waals surface area contributed by atoms with Gasteiger partial charge in [0.2, 0.25) is 10.7 Å². The van der Waals surface area contributed by atoms with Crippen molar-refractivity contribution in [3.8, 4) is 0 Å². The Morgan fingerprint density at radius 1 is 1.47 bits per heavy atom. The number of aromatic nitrogens is 4. The maximum Gasteiger partial charge on any atom is 0.238 e. The third-order valence-electron chi connectivity index (χ3n) is 2.54. The highest BCUT2D eigenvalue weighted by Gasteiger charge is 2.17. The van der Waals surface area contributed by atoms with Crippen molar-refractivity contribution in [2.75, 3.05) is 13.1 Å². The van der Waals surface area contributed by atoms with Gasteiger partial charge in [0.1, 0.15) is 0 Å². The van der Waals surface area contributed by atoms with Crippen LogP contribution in [0.25, 0.3) is 0 Å². The maximum atomic E-state index is 11.7. The van der Waals surface area contributed by atoms with Gasteiger partial charge in [-0.25, -0.2) is 4.68 Å². The van der Waals surface area contributed by atoms with Crippen LogP contribution in [-0.4, -0.2) is 44.1 Å². The molecule has 6 nitrogen and oxygen atoms in total. The molecule has 0 radical (unpaired) electrons. The zero-order valence-electron chi connectivity index (χ0n) is 8.35. The Morgan fingerprint density at radius 3 is 2.80 bits per heavy atom. The lowest BCUT2D eigenvalue weighted by Gasteiger charge is -2.14. The largest absolute Gasteiger partial charge is 0.343 e. The van der Waals surface area contributed by atoms with Crippen molar-refractivity contribution < 1.29 is 4.79 Å². The minimum absolute atomic E-state index is 0.184. The molecule has 0 aliphatic carbocycles. The molecule has 0 atom stereocenters. The van der Waals surface area contributed by atoms with Gasteiger partial charge in [0, 0.05) is 19.5 Å². The number of carbonyl (C=O) groups excluding carboxylic acids is 1. The smallest absolute Gasteiger partial charge is 0.238 e. The van der Waals surface area contributed by atoms with E-state index in [0.717, 1.165) is 25.9 Å². The minimum Gasteiger partial charge on any atom is -0.343 e. The van der Waals surface area contributed by atoms with Gasteiger partial charge in [-0.2, -0.15) is 5.21 Å². The first-order chi connectivity index (χ1) is 7.27. The molecule has 1 amide bonds. The fourth-order valence-corrected chi connectivity index (χ4v) is 1.87. The van der Waals surface area contributed by atoms with E-state index in [1.165, 1.54) is 0 Å². The Labute approximate surface area is 92.2 Å². The Bertz CT molecular complexity index is 392. The number of tetrazole rings is 1. The van der Waals surface area contributed by atoms with Crippen molar-refractivity contribution in [2.24, 2.45) is 0 Å². The molecule has 0 saturated carbocycles. The molecular weight excluding hydrogens is 214 g/mol. The zero-order chi connectivity index (χ0) is 10.7. The second-order valence-electron chi connectivity index (χ2n) is 3.57. The molecule has 1 fully saturated rings. The standard InChI is InChI=1S/C8H13N5OS/c14-7(12-4-1-2-5-12)3-6-13-8(15)9-10-11-13/h1-6H2,(H,9,11,15). The van der Waals surface area contributed by atoms with Crippen molar-refractivity contribution in [2.45, 2.75) is 25.8 Å². The lowest BCUT2D eigenvalue weighted by molar-refractivity contribution is -0.130. The van der Waals surface area contributed by atoms with Crippen LogP contribution in [0.15, 0.2) is 0 Å². The maximum absolute atomic E-state index is 11.7. The van der Waals surface area contributed by atoms with Crippen molar-refractivity contribution in [3.63, 3.8) is 0 Å². The van der Waals surface area contributed by atoms with Crippen LogP contribution in [0, 0.1) is 4.77 Å². The number of rotatable bonds is 3. The predicted octanol–water partition coefficient (Wildman–Crippen LogP) is 0.348. The van der Waals surface area contributed by atoms with Crippen LogP contribution in [0.2, 0.25) is 0 Å². The SMILES string of the molecule is O=C(CCn1[nH]nnc1=S)N1CCCC1. The summed E-state index contributed by atoms with van der Waals surface area (Å²) in [5, 5.41) is 9.83. The Kier molecular flexibility index (Phi) is 3.10. The van der Waals surface area contributed by atoms with E-state index in [1.54, 1.807) is 4.68 Å². The highest BCUT2D eigenvalue weighted by Crippen LogP contribution is 2.09. The van der Waals surface area contributed by atoms with Crippen LogP contribution >= 0.6 is 12.2 Å². The van der Waals surface area contributed by atoms with Gasteiger partial charge < -0.3 is 4.90 Å². The quantitative estimate of drug-likeness (QED) is 0.757. The molecule has 82 valence electrons. The Balaban J connectivity index is 1.85. The topological polar surface area (TPSA) is 66.8 Å². The lowest BCUT2D eigenvalue weighted by atomic mass is 10.3. The van der Waals surface area contributed by atoms with E-state index in [1.807, 2.05) is 4.90 Å². The number of aryl methyl sites for hydroxylation is 1. The number of H-pyrrole nitrogens is 1. The third kappa shape index (κ3) is 2.41. The molecular formula is C8H13N5OS. The molecule has 15 heavy (non-hydrogen) atoms. The third-order valence-corrected chi connectivity index (χ3v) is 2.84. The van der Waals surface area contributed by atoms with Gasteiger partial charge in [0.25, 0.3) is 0 Å². The van der Waals surface area contributed by atoms with Gasteiger partial charge in [0.15, 0.2) is 0 Å². The molecule has 0 aromatic carbocycles. The summed E-state index contributed by atoms with van der Waals surface area (Å²) in [6, 6.07) is 0. The average Bonchev–Trinajstić information content (AvgIpc) is 2.85. The van der Waals surface area contributed by atoms with E-state index >= 15 is 0 Å². The summed E-state index contributed by atoms with van der Waals surface area (Å²) in [4.78, 5) is 13.6. The summed E-state index contributed by atoms with van der Waals surface area (Å²) >= 11 is 4.91. The van der Waals surface area contributed by atoms with Crippen LogP contribution in [0.1, 0.15) is 19.3 Å². The number of likely N-dealkylation sites (tertiary alicyclic amines) is 1. The fourth-order valence-electron chi connectivity index (χ4n) is 1.69. The van der Waals surface area contributed by atoms with Crippen molar-refractivity contribution in [1.29, 1.82) is 0 Å². The summed E-state index contributed by atoms with van der Waals surface area (Å²) < 4.78 is 1.99. The number of carbonyl (C=O) groups is 1. The first-order valence-corrected chi connectivity index (χ1v) is 5.44. The van der Waals surface area contributed by atoms with Gasteiger partial charge in [-0.3, -0.25) is 4.79 Å². The molecule has 0 bridgehead atoms. The van der Waals surface area contributed by atoms with Crippen LogP contribution in [0.3, 0.4) is 0 Å². The summed E-state index contributed by atoms with van der Waals surface area (Å²) in [7, 11) is 0. The molecule has 2 heterocycles. The van der Waals surface area contributed by atoms with Crippen molar-refractivity contribution >= 4 is 18.1 Å². The van der Waals surface area contributed by atoms with Crippen LogP contribution in [0.4, 0.5) is 0 Å². The van der Waals surface area contributed by atoms with Gasteiger partial charge in [0.05, 0.1) is 6.54 Å². The second-order valence-corrected chi connectivity index (χ2v) is 3.94. The second kappa shape index (κ2) is 4.52. The number of aromatic amines is 1. The average molecular weight is 227 g/mol. The van der Waals surface area contributed by atoms with Crippen LogP contribution in [0.5, 0.6) is 0 Å². The van der Waals surface area contributed by atoms with Crippen LogP contribution < -0.4 is 0 Å². The van der Waals surface area contributed by atoms with Gasteiger partial charge in [-0.05, 0) is 25.1 Å². The molecule has 1 aromatic heterocycles. The molecule has 1 aliphatic rings. The first-order valence-electron chi connectivity index (χ1n) is 5.03. The fraction of sp³-hybridized carbons (Fsp3) is 0.750. The van der Waals surface area contributed by atoms with E-state index in [9.17, 15) is 4.79 Å². The van der Waals surface area contributed by atoms with E-state index in [2.05, 4.69) is 15.5 Å². The number of amides is 1. The summed E-state index contributed by atoms with van der Waals surface area (Å²) in [5.41, 5.74) is 0. The summed E-state index contributed by atoms with van der Waals surface area (Å²) in [5.74, 6) is 0.184. The van der Waals surface area contributed by atoms with E-state index in [-0.39, 0.29) is 5.91 Å². The Morgan fingerprint density at radius 2 is 2.20 bits per heavy atom. The highest BCUT2D eigenvalue weighted by atomic mass is 32.1. The van der Waals surface area contributed by atoms with Gasteiger partial charge in [-0.1, -0.05) is 10.3 Å². The summed E-state index contributed by atoms with van der Waals surface area (Å²) in [6.45, 7) is 2.32. The molecule has 2 rings (SSSR count). The van der Waals surface area contributed by atoms with Gasteiger partial charge in [-0.15, -0.1) is 0 Å². The van der Waals surface area contributed by atoms with Gasteiger partial charge >= 0.3 is 0 Å². The van der Waals surface area contributed by atoms with E-state index in [4.69, 9.17) is 12.2 Å². The molecule has 1 saturated heterocycles. The monoisotopic (exact) mass is 227 g/mol. The van der Waals surface area contributed by atoms with E-state index in [0.29, 0.717) is 17.7 Å². The molecule has 7 heteroatoms.